The molecule has 0 bridgehead atoms. The zero-order valence-electron chi connectivity index (χ0n) is 12.7. The molecule has 0 spiro atoms. The first kappa shape index (κ1) is 16.4. The van der Waals surface area contributed by atoms with Crippen LogP contribution in [0, 0.1) is 0 Å². The lowest BCUT2D eigenvalue weighted by Gasteiger charge is -2.06. The van der Waals surface area contributed by atoms with Crippen molar-refractivity contribution in [2.24, 2.45) is 5.16 Å². The summed E-state index contributed by atoms with van der Waals surface area (Å²) < 4.78 is 4.65. The molecule has 0 saturated heterocycles. The van der Waals surface area contributed by atoms with E-state index in [0.29, 0.717) is 18.6 Å². The van der Waals surface area contributed by atoms with Crippen LogP contribution >= 0.6 is 11.8 Å². The van der Waals surface area contributed by atoms with Crippen molar-refractivity contribution >= 4 is 34.2 Å². The Kier molecular flexibility index (Phi) is 6.27. The number of benzene rings is 2. The minimum atomic E-state index is -0.237. The van der Waals surface area contributed by atoms with Crippen LogP contribution in [0.4, 0.5) is 0 Å². The Morgan fingerprint density at radius 1 is 1.09 bits per heavy atom. The second-order valence-electron chi connectivity index (χ2n) is 4.71. The third-order valence-corrected chi connectivity index (χ3v) is 4.26. The Morgan fingerprint density at radius 2 is 1.86 bits per heavy atom. The number of carbonyl (C=O) groups is 1. The third kappa shape index (κ3) is 4.77. The fourth-order valence-electron chi connectivity index (χ4n) is 2.05. The zero-order chi connectivity index (χ0) is 15.8. The summed E-state index contributed by atoms with van der Waals surface area (Å²) in [6.07, 6.45) is 0.859. The first-order valence-electron chi connectivity index (χ1n) is 7.00. The summed E-state index contributed by atoms with van der Waals surface area (Å²) >= 11 is 1.68. The van der Waals surface area contributed by atoms with Crippen molar-refractivity contribution < 1.29 is 14.4 Å². The second-order valence-corrected chi connectivity index (χ2v) is 5.76. The molecule has 116 valence electrons. The van der Waals surface area contributed by atoms with Gasteiger partial charge in [0, 0.05) is 17.1 Å². The van der Waals surface area contributed by atoms with Crippen molar-refractivity contribution in [1.82, 2.24) is 0 Å². The lowest BCUT2D eigenvalue weighted by molar-refractivity contribution is -0.140. The molecule has 0 aromatic heterocycles. The van der Waals surface area contributed by atoms with Gasteiger partial charge in [-0.15, -0.1) is 11.8 Å². The van der Waals surface area contributed by atoms with E-state index in [-0.39, 0.29) is 5.97 Å². The van der Waals surface area contributed by atoms with E-state index >= 15 is 0 Å². The smallest absolute Gasteiger partial charge is 0.305 e. The first-order chi connectivity index (χ1) is 10.7. The number of ether oxygens (including phenoxy) is 1. The molecule has 2 aromatic rings. The molecule has 0 aliphatic rings. The van der Waals surface area contributed by atoms with Crippen LogP contribution in [0.2, 0.25) is 0 Å². The number of esters is 1. The number of fused-ring (bicyclic) bond motifs is 1. The van der Waals surface area contributed by atoms with Crippen LogP contribution in [-0.2, 0) is 14.4 Å². The monoisotopic (exact) mass is 317 g/mol. The van der Waals surface area contributed by atoms with Crippen molar-refractivity contribution in [1.29, 1.82) is 0 Å². The van der Waals surface area contributed by atoms with Crippen molar-refractivity contribution in [2.75, 3.05) is 20.0 Å². The standard InChI is InChI=1S/C17H19NO3S/c1-20-17(19)10-8-15(18-21-2)12-22-16-9-7-13-5-3-4-6-14(13)11-16/h3-7,9,11H,8,10,12H2,1-2H3. The van der Waals surface area contributed by atoms with E-state index in [1.165, 1.54) is 29.9 Å². The van der Waals surface area contributed by atoms with Crippen LogP contribution in [0.15, 0.2) is 52.5 Å². The quantitative estimate of drug-likeness (QED) is 0.336. The number of nitrogens with zero attached hydrogens (tertiary/aromatic N) is 1. The average molecular weight is 317 g/mol. The van der Waals surface area contributed by atoms with E-state index in [1.54, 1.807) is 11.8 Å². The predicted molar refractivity (Wildman–Crippen MR) is 90.4 cm³/mol. The third-order valence-electron chi connectivity index (χ3n) is 3.19. The van der Waals surface area contributed by atoms with E-state index < -0.39 is 0 Å². The van der Waals surface area contributed by atoms with Crippen molar-refractivity contribution in [3.05, 3.63) is 42.5 Å². The normalized spacial score (nSPS) is 11.5. The Balaban J connectivity index is 1.98. The van der Waals surface area contributed by atoms with Gasteiger partial charge in [-0.3, -0.25) is 4.79 Å². The van der Waals surface area contributed by atoms with E-state index in [4.69, 9.17) is 4.84 Å². The predicted octanol–water partition coefficient (Wildman–Crippen LogP) is 3.89. The van der Waals surface area contributed by atoms with Crippen LogP contribution in [-0.4, -0.2) is 31.7 Å². The molecule has 0 radical (unpaired) electrons. The summed E-state index contributed by atoms with van der Waals surface area (Å²) in [5.41, 5.74) is 0.839. The SMILES string of the molecule is CON=C(CCC(=O)OC)CSc1ccc2ccccc2c1. The Bertz CT molecular complexity index is 670. The molecule has 2 aromatic carbocycles. The van der Waals surface area contributed by atoms with Crippen LogP contribution in [0.3, 0.4) is 0 Å². The lowest BCUT2D eigenvalue weighted by atomic mass is 10.1. The van der Waals surface area contributed by atoms with Crippen molar-refractivity contribution in [2.45, 2.75) is 17.7 Å². The molecule has 0 heterocycles. The molecule has 22 heavy (non-hydrogen) atoms. The van der Waals surface area contributed by atoms with Gasteiger partial charge in [0.2, 0.25) is 0 Å². The Hall–Kier alpha value is -2.01. The van der Waals surface area contributed by atoms with E-state index in [2.05, 4.69) is 40.2 Å². The highest BCUT2D eigenvalue weighted by molar-refractivity contribution is 8.00. The Labute approximate surface area is 134 Å². The van der Waals surface area contributed by atoms with Crippen molar-refractivity contribution in [3.63, 3.8) is 0 Å². The molecule has 0 unspecified atom stereocenters. The molecule has 0 aliphatic carbocycles. The fourth-order valence-corrected chi connectivity index (χ4v) is 2.95. The summed E-state index contributed by atoms with van der Waals surface area (Å²) in [6.45, 7) is 0. The van der Waals surface area contributed by atoms with Gasteiger partial charge in [0.1, 0.15) is 7.11 Å². The van der Waals surface area contributed by atoms with Gasteiger partial charge in [-0.25, -0.2) is 0 Å². The van der Waals surface area contributed by atoms with Gasteiger partial charge in [0.25, 0.3) is 0 Å². The molecule has 0 N–H and O–H groups in total. The topological polar surface area (TPSA) is 47.9 Å². The first-order valence-corrected chi connectivity index (χ1v) is 7.99. The number of hydrogen-bond acceptors (Lipinski definition) is 5. The van der Waals surface area contributed by atoms with E-state index in [9.17, 15) is 4.79 Å². The number of oxime groups is 1. The number of thioether (sulfide) groups is 1. The van der Waals surface area contributed by atoms with Crippen LogP contribution in [0.5, 0.6) is 0 Å². The molecule has 0 fully saturated rings. The molecule has 0 aliphatic heterocycles. The molecule has 0 saturated carbocycles. The largest absolute Gasteiger partial charge is 0.469 e. The molecule has 5 heteroatoms. The van der Waals surface area contributed by atoms with E-state index in [1.807, 2.05) is 12.1 Å². The van der Waals surface area contributed by atoms with Crippen LogP contribution in [0.25, 0.3) is 10.8 Å². The summed E-state index contributed by atoms with van der Waals surface area (Å²) in [5.74, 6) is 0.447. The van der Waals surface area contributed by atoms with Gasteiger partial charge in [-0.2, -0.15) is 0 Å². The average Bonchev–Trinajstić information content (AvgIpc) is 2.56. The maximum atomic E-state index is 11.2. The highest BCUT2D eigenvalue weighted by Gasteiger charge is 2.07. The van der Waals surface area contributed by atoms with Crippen molar-refractivity contribution in [3.8, 4) is 0 Å². The minimum absolute atomic E-state index is 0.237. The molecular weight excluding hydrogens is 298 g/mol. The van der Waals surface area contributed by atoms with E-state index in [0.717, 1.165) is 5.71 Å². The van der Waals surface area contributed by atoms with Gasteiger partial charge in [0.05, 0.1) is 19.2 Å². The van der Waals surface area contributed by atoms with Gasteiger partial charge in [0.15, 0.2) is 0 Å². The molecular formula is C17H19NO3S. The maximum Gasteiger partial charge on any atom is 0.305 e. The highest BCUT2D eigenvalue weighted by atomic mass is 32.2. The number of carbonyl (C=O) groups excluding carboxylic acids is 1. The van der Waals surface area contributed by atoms with Gasteiger partial charge in [-0.1, -0.05) is 35.5 Å². The summed E-state index contributed by atoms with van der Waals surface area (Å²) in [5, 5.41) is 6.44. The number of rotatable bonds is 7. The number of methoxy groups -OCH3 is 1. The fraction of sp³-hybridized carbons (Fsp3) is 0.294. The molecule has 0 atom stereocenters. The minimum Gasteiger partial charge on any atom is -0.469 e. The molecule has 0 amide bonds. The summed E-state index contributed by atoms with van der Waals surface area (Å²) in [6, 6.07) is 14.6. The van der Waals surface area contributed by atoms with Gasteiger partial charge >= 0.3 is 5.97 Å². The summed E-state index contributed by atoms with van der Waals surface area (Å²) in [4.78, 5) is 17.2. The van der Waals surface area contributed by atoms with Crippen LogP contribution < -0.4 is 0 Å². The van der Waals surface area contributed by atoms with Gasteiger partial charge < -0.3 is 9.57 Å². The van der Waals surface area contributed by atoms with Crippen LogP contribution in [0.1, 0.15) is 12.8 Å². The maximum absolute atomic E-state index is 11.2. The lowest BCUT2D eigenvalue weighted by Crippen LogP contribution is -2.08. The van der Waals surface area contributed by atoms with Gasteiger partial charge in [-0.05, 0) is 22.9 Å². The summed E-state index contributed by atoms with van der Waals surface area (Å²) in [7, 11) is 2.90. The molecule has 2 rings (SSSR count). The second kappa shape index (κ2) is 8.44. The number of hydrogen-bond donors (Lipinski definition) is 0. The zero-order valence-corrected chi connectivity index (χ0v) is 13.6. The molecule has 4 nitrogen and oxygen atoms in total. The Morgan fingerprint density at radius 3 is 2.59 bits per heavy atom. The highest BCUT2D eigenvalue weighted by Crippen LogP contribution is 2.24.